The van der Waals surface area contributed by atoms with Gasteiger partial charge in [-0.3, -0.25) is 14.6 Å². The Hall–Kier alpha value is -2.37. The molecule has 0 aromatic carbocycles. The van der Waals surface area contributed by atoms with E-state index in [2.05, 4.69) is 4.98 Å². The van der Waals surface area contributed by atoms with E-state index in [0.29, 0.717) is 30.8 Å². The molecular formula is C18H21N3O3. The predicted octanol–water partition coefficient (Wildman–Crippen LogP) is 2.44. The molecule has 126 valence electrons. The number of piperidine rings is 2. The van der Waals surface area contributed by atoms with E-state index in [1.807, 2.05) is 9.80 Å². The van der Waals surface area contributed by atoms with Gasteiger partial charge in [-0.2, -0.15) is 0 Å². The SMILES string of the molecule is O=C(c1nccc2occc12)N1CCCC(N2CCCCC2=O)C1. The minimum absolute atomic E-state index is 0.0730. The van der Waals surface area contributed by atoms with Crippen LogP contribution in [0.5, 0.6) is 0 Å². The number of nitrogens with zero attached hydrogens (tertiary/aromatic N) is 3. The molecule has 4 heterocycles. The van der Waals surface area contributed by atoms with E-state index in [-0.39, 0.29) is 17.9 Å². The number of hydrogen-bond donors (Lipinski definition) is 0. The number of carbonyl (C=O) groups excluding carboxylic acids is 2. The molecule has 1 unspecified atom stereocenters. The van der Waals surface area contributed by atoms with Crippen molar-refractivity contribution in [2.24, 2.45) is 0 Å². The van der Waals surface area contributed by atoms with E-state index >= 15 is 0 Å². The maximum absolute atomic E-state index is 12.9. The fraction of sp³-hybridized carbons (Fsp3) is 0.500. The first kappa shape index (κ1) is 15.2. The first-order valence-corrected chi connectivity index (χ1v) is 8.65. The third-order valence-electron chi connectivity index (χ3n) is 5.07. The number of carbonyl (C=O) groups is 2. The third kappa shape index (κ3) is 2.66. The molecule has 2 aromatic rings. The van der Waals surface area contributed by atoms with Crippen molar-refractivity contribution < 1.29 is 14.0 Å². The zero-order valence-electron chi connectivity index (χ0n) is 13.6. The lowest BCUT2D eigenvalue weighted by Crippen LogP contribution is -2.53. The highest BCUT2D eigenvalue weighted by molar-refractivity contribution is 6.04. The van der Waals surface area contributed by atoms with Gasteiger partial charge in [-0.05, 0) is 37.8 Å². The average molecular weight is 327 g/mol. The van der Waals surface area contributed by atoms with Crippen LogP contribution in [0.3, 0.4) is 0 Å². The van der Waals surface area contributed by atoms with Crippen molar-refractivity contribution in [3.8, 4) is 0 Å². The van der Waals surface area contributed by atoms with E-state index in [1.54, 1.807) is 24.6 Å². The minimum Gasteiger partial charge on any atom is -0.464 e. The van der Waals surface area contributed by atoms with Crippen molar-refractivity contribution in [1.82, 2.24) is 14.8 Å². The third-order valence-corrected chi connectivity index (χ3v) is 5.07. The molecule has 2 amide bonds. The number of rotatable bonds is 2. The second-order valence-corrected chi connectivity index (χ2v) is 6.58. The van der Waals surface area contributed by atoms with E-state index in [9.17, 15) is 9.59 Å². The van der Waals surface area contributed by atoms with Crippen LogP contribution in [0.15, 0.2) is 29.0 Å². The standard InChI is InChI=1S/C18H21N3O3/c22-16-5-1-2-10-21(16)13-4-3-9-20(12-13)18(23)17-14-7-11-24-15(14)6-8-19-17/h6-8,11,13H,1-5,9-10,12H2. The Balaban J connectivity index is 1.54. The van der Waals surface area contributed by atoms with Crippen LogP contribution in [0.4, 0.5) is 0 Å². The predicted molar refractivity (Wildman–Crippen MR) is 88.5 cm³/mol. The lowest BCUT2D eigenvalue weighted by molar-refractivity contribution is -0.136. The fourth-order valence-electron chi connectivity index (χ4n) is 3.82. The zero-order chi connectivity index (χ0) is 16.5. The monoisotopic (exact) mass is 327 g/mol. The molecule has 0 N–H and O–H groups in total. The van der Waals surface area contributed by atoms with E-state index in [4.69, 9.17) is 4.42 Å². The van der Waals surface area contributed by atoms with Crippen LogP contribution in [-0.2, 0) is 4.79 Å². The van der Waals surface area contributed by atoms with Crippen molar-refractivity contribution in [2.45, 2.75) is 38.1 Å². The Morgan fingerprint density at radius 1 is 1.21 bits per heavy atom. The first-order valence-electron chi connectivity index (χ1n) is 8.65. The van der Waals surface area contributed by atoms with E-state index in [0.717, 1.165) is 37.6 Å². The smallest absolute Gasteiger partial charge is 0.273 e. The Morgan fingerprint density at radius 3 is 3.00 bits per heavy atom. The van der Waals surface area contributed by atoms with Crippen LogP contribution >= 0.6 is 0 Å². The first-order chi connectivity index (χ1) is 11.7. The molecule has 2 saturated heterocycles. The summed E-state index contributed by atoms with van der Waals surface area (Å²) in [5.41, 5.74) is 1.11. The summed E-state index contributed by atoms with van der Waals surface area (Å²) in [6.07, 6.45) is 7.76. The number of hydrogen-bond acceptors (Lipinski definition) is 4. The minimum atomic E-state index is -0.0730. The van der Waals surface area contributed by atoms with E-state index < -0.39 is 0 Å². The molecule has 2 aromatic heterocycles. The number of fused-ring (bicyclic) bond motifs is 1. The maximum atomic E-state index is 12.9. The molecule has 4 rings (SSSR count). The second kappa shape index (κ2) is 6.26. The summed E-state index contributed by atoms with van der Waals surface area (Å²) in [4.78, 5) is 33.2. The second-order valence-electron chi connectivity index (χ2n) is 6.58. The molecule has 2 fully saturated rings. The normalized spacial score (nSPS) is 22.2. The summed E-state index contributed by atoms with van der Waals surface area (Å²) in [6, 6.07) is 3.68. The molecule has 6 nitrogen and oxygen atoms in total. The number of furan rings is 1. The molecule has 0 bridgehead atoms. The molecule has 2 aliphatic rings. The Kier molecular flexibility index (Phi) is 3.96. The van der Waals surface area contributed by atoms with Gasteiger partial charge >= 0.3 is 0 Å². The van der Waals surface area contributed by atoms with Crippen molar-refractivity contribution in [3.63, 3.8) is 0 Å². The molecule has 24 heavy (non-hydrogen) atoms. The number of aromatic nitrogens is 1. The lowest BCUT2D eigenvalue weighted by atomic mass is 10.00. The van der Waals surface area contributed by atoms with Crippen LogP contribution in [0, 0.1) is 0 Å². The topological polar surface area (TPSA) is 66.7 Å². The molecule has 6 heteroatoms. The summed E-state index contributed by atoms with van der Waals surface area (Å²) in [5.74, 6) is 0.159. The largest absolute Gasteiger partial charge is 0.464 e. The van der Waals surface area contributed by atoms with Crippen LogP contribution in [0.2, 0.25) is 0 Å². The van der Waals surface area contributed by atoms with Gasteiger partial charge in [0.1, 0.15) is 11.3 Å². The van der Waals surface area contributed by atoms with Gasteiger partial charge in [0, 0.05) is 38.3 Å². The molecule has 1 atom stereocenters. The summed E-state index contributed by atoms with van der Waals surface area (Å²) in [5, 5.41) is 0.749. The van der Waals surface area contributed by atoms with Crippen molar-refractivity contribution in [2.75, 3.05) is 19.6 Å². The molecule has 0 spiro atoms. The average Bonchev–Trinajstić information content (AvgIpc) is 3.10. The summed E-state index contributed by atoms with van der Waals surface area (Å²) >= 11 is 0. The van der Waals surface area contributed by atoms with Gasteiger partial charge in [0.25, 0.3) is 5.91 Å². The molecular weight excluding hydrogens is 306 g/mol. The van der Waals surface area contributed by atoms with Crippen LogP contribution < -0.4 is 0 Å². The fourth-order valence-corrected chi connectivity index (χ4v) is 3.82. The molecule has 0 saturated carbocycles. The van der Waals surface area contributed by atoms with Gasteiger partial charge in [-0.15, -0.1) is 0 Å². The molecule has 0 radical (unpaired) electrons. The summed E-state index contributed by atoms with van der Waals surface area (Å²) in [7, 11) is 0. The van der Waals surface area contributed by atoms with Crippen molar-refractivity contribution in [1.29, 1.82) is 0 Å². The highest BCUT2D eigenvalue weighted by Crippen LogP contribution is 2.24. The Bertz CT molecular complexity index is 770. The Morgan fingerprint density at radius 2 is 2.12 bits per heavy atom. The van der Waals surface area contributed by atoms with E-state index in [1.165, 1.54) is 0 Å². The van der Waals surface area contributed by atoms with Gasteiger partial charge in [-0.25, -0.2) is 0 Å². The lowest BCUT2D eigenvalue weighted by Gasteiger charge is -2.40. The highest BCUT2D eigenvalue weighted by atomic mass is 16.3. The van der Waals surface area contributed by atoms with Crippen molar-refractivity contribution >= 4 is 22.8 Å². The van der Waals surface area contributed by atoms with Crippen LogP contribution in [-0.4, -0.2) is 52.3 Å². The van der Waals surface area contributed by atoms with Crippen LogP contribution in [0.25, 0.3) is 11.0 Å². The maximum Gasteiger partial charge on any atom is 0.273 e. The molecule has 0 aliphatic carbocycles. The zero-order valence-corrected chi connectivity index (χ0v) is 13.6. The number of likely N-dealkylation sites (tertiary alicyclic amines) is 2. The van der Waals surface area contributed by atoms with Gasteiger partial charge < -0.3 is 14.2 Å². The Labute approximate surface area is 140 Å². The quantitative estimate of drug-likeness (QED) is 0.850. The molecule has 2 aliphatic heterocycles. The van der Waals surface area contributed by atoms with Gasteiger partial charge in [0.15, 0.2) is 0 Å². The summed E-state index contributed by atoms with van der Waals surface area (Å²) in [6.45, 7) is 2.13. The van der Waals surface area contributed by atoms with Crippen LogP contribution in [0.1, 0.15) is 42.6 Å². The van der Waals surface area contributed by atoms with Gasteiger partial charge in [-0.1, -0.05) is 0 Å². The van der Waals surface area contributed by atoms with Crippen molar-refractivity contribution in [3.05, 3.63) is 30.3 Å². The summed E-state index contributed by atoms with van der Waals surface area (Å²) < 4.78 is 5.36. The van der Waals surface area contributed by atoms with Gasteiger partial charge in [0.05, 0.1) is 11.6 Å². The highest BCUT2D eigenvalue weighted by Gasteiger charge is 2.32. The number of pyridine rings is 1. The number of amides is 2. The van der Waals surface area contributed by atoms with Gasteiger partial charge in [0.2, 0.25) is 5.91 Å².